The Kier molecular flexibility index (Phi) is 9.23. The van der Waals surface area contributed by atoms with Gasteiger partial charge in [-0.15, -0.1) is 0 Å². The summed E-state index contributed by atoms with van der Waals surface area (Å²) in [6.07, 6.45) is 5.88. The molecule has 0 radical (unpaired) electrons. The second-order valence-electron chi connectivity index (χ2n) is 8.13. The summed E-state index contributed by atoms with van der Waals surface area (Å²) in [5.41, 5.74) is 10.1. The van der Waals surface area contributed by atoms with Gasteiger partial charge >= 0.3 is 0 Å². The molecule has 1 saturated heterocycles. The van der Waals surface area contributed by atoms with E-state index in [2.05, 4.69) is 35.7 Å². The summed E-state index contributed by atoms with van der Waals surface area (Å²) in [7, 11) is 1.64. The van der Waals surface area contributed by atoms with Crippen LogP contribution < -0.4 is 10.5 Å². The van der Waals surface area contributed by atoms with Crippen LogP contribution in [0.4, 0.5) is 0 Å². The van der Waals surface area contributed by atoms with E-state index >= 15 is 0 Å². The highest BCUT2D eigenvalue weighted by Gasteiger charge is 2.22. The first-order chi connectivity index (χ1) is 16.5. The molecule has 178 valence electrons. The van der Waals surface area contributed by atoms with Gasteiger partial charge in [0, 0.05) is 44.0 Å². The highest BCUT2D eigenvalue weighted by Crippen LogP contribution is 2.21. The summed E-state index contributed by atoms with van der Waals surface area (Å²) in [5, 5.41) is 0. The minimum absolute atomic E-state index is 0.140. The number of rotatable bonds is 9. The van der Waals surface area contributed by atoms with Gasteiger partial charge in [0.1, 0.15) is 5.75 Å². The molecule has 1 amide bonds. The van der Waals surface area contributed by atoms with Gasteiger partial charge in [0.2, 0.25) is 0 Å². The molecule has 2 aromatic carbocycles. The number of methoxy groups -OCH3 is 1. The third kappa shape index (κ3) is 6.93. The summed E-state index contributed by atoms with van der Waals surface area (Å²) in [5.74, 6) is 0.638. The first kappa shape index (κ1) is 25.0. The first-order valence-corrected chi connectivity index (χ1v) is 11.6. The van der Waals surface area contributed by atoms with E-state index < -0.39 is 0 Å². The molecule has 6 heteroatoms. The normalized spacial score (nSPS) is 15.8. The van der Waals surface area contributed by atoms with Crippen molar-refractivity contribution in [3.8, 4) is 5.75 Å². The van der Waals surface area contributed by atoms with Crippen LogP contribution in [0.3, 0.4) is 0 Å². The van der Waals surface area contributed by atoms with Crippen LogP contribution in [0, 0.1) is 0 Å². The van der Waals surface area contributed by atoms with E-state index in [0.29, 0.717) is 19.5 Å². The molecule has 2 aromatic rings. The Hall–Kier alpha value is -3.64. The Morgan fingerprint density at radius 3 is 2.35 bits per heavy atom. The maximum Gasteiger partial charge on any atom is 0.269 e. The van der Waals surface area contributed by atoms with Gasteiger partial charge in [-0.2, -0.15) is 0 Å². The maximum absolute atomic E-state index is 13.0. The first-order valence-electron chi connectivity index (χ1n) is 11.6. The number of allylic oxidation sites excluding steroid dienone is 3. The van der Waals surface area contributed by atoms with E-state index in [1.54, 1.807) is 19.3 Å². The van der Waals surface area contributed by atoms with Gasteiger partial charge < -0.3 is 15.4 Å². The second-order valence-corrected chi connectivity index (χ2v) is 8.13. The number of nitrogens with two attached hydrogens (primary N) is 1. The van der Waals surface area contributed by atoms with Crippen molar-refractivity contribution in [3.05, 3.63) is 96.2 Å². The van der Waals surface area contributed by atoms with E-state index in [-0.39, 0.29) is 11.6 Å². The summed E-state index contributed by atoms with van der Waals surface area (Å²) in [4.78, 5) is 21.9. The van der Waals surface area contributed by atoms with Crippen molar-refractivity contribution in [3.63, 3.8) is 0 Å². The minimum Gasteiger partial charge on any atom is -0.497 e. The van der Waals surface area contributed by atoms with Gasteiger partial charge in [-0.05, 0) is 48.4 Å². The van der Waals surface area contributed by atoms with Crippen LogP contribution in [-0.4, -0.2) is 54.7 Å². The average Bonchev–Trinajstić information content (AvgIpc) is 2.88. The molecule has 2 N–H and O–H groups in total. The molecule has 0 aromatic heterocycles. The number of ether oxygens (including phenoxy) is 1. The molecule has 0 aliphatic carbocycles. The highest BCUT2D eigenvalue weighted by molar-refractivity contribution is 6.05. The molecule has 0 unspecified atom stereocenters. The van der Waals surface area contributed by atoms with Crippen molar-refractivity contribution >= 4 is 17.3 Å². The summed E-state index contributed by atoms with van der Waals surface area (Å²) in [6.45, 7) is 9.66. The van der Waals surface area contributed by atoms with Gasteiger partial charge in [0.05, 0.1) is 18.5 Å². The average molecular weight is 459 g/mol. The zero-order chi connectivity index (χ0) is 24.3. The third-order valence-electron chi connectivity index (χ3n) is 5.77. The monoisotopic (exact) mass is 458 g/mol. The largest absolute Gasteiger partial charge is 0.497 e. The fraction of sp³-hybridized carbons (Fsp3) is 0.286. The lowest BCUT2D eigenvalue weighted by atomic mass is 10.1. The molecule has 0 saturated carbocycles. The predicted molar refractivity (Wildman–Crippen MR) is 139 cm³/mol. The molecule has 34 heavy (non-hydrogen) atoms. The Labute approximate surface area is 202 Å². The zero-order valence-corrected chi connectivity index (χ0v) is 20.1. The molecular weight excluding hydrogens is 424 g/mol. The Bertz CT molecular complexity index is 1050. The van der Waals surface area contributed by atoms with Crippen LogP contribution in [0.1, 0.15) is 24.5 Å². The summed E-state index contributed by atoms with van der Waals surface area (Å²) >= 11 is 0. The van der Waals surface area contributed by atoms with Gasteiger partial charge in [-0.25, -0.2) is 0 Å². The highest BCUT2D eigenvalue weighted by atomic mass is 16.5. The van der Waals surface area contributed by atoms with E-state index in [9.17, 15) is 4.79 Å². The van der Waals surface area contributed by atoms with Gasteiger partial charge in [-0.1, -0.05) is 49.9 Å². The van der Waals surface area contributed by atoms with Crippen molar-refractivity contribution in [2.75, 3.05) is 33.3 Å². The Morgan fingerprint density at radius 2 is 1.76 bits per heavy atom. The van der Waals surface area contributed by atoms with Crippen LogP contribution in [0.2, 0.25) is 0 Å². The number of piperazine rings is 1. The lowest BCUT2D eigenvalue weighted by molar-refractivity contribution is -0.129. The molecule has 6 nitrogen and oxygen atoms in total. The van der Waals surface area contributed by atoms with E-state index in [1.807, 2.05) is 48.2 Å². The molecule has 0 spiro atoms. The van der Waals surface area contributed by atoms with Crippen molar-refractivity contribution in [2.45, 2.75) is 19.9 Å². The zero-order valence-electron chi connectivity index (χ0n) is 20.1. The molecule has 1 fully saturated rings. The van der Waals surface area contributed by atoms with Crippen LogP contribution in [0.5, 0.6) is 5.75 Å². The lowest BCUT2D eigenvalue weighted by Crippen LogP contribution is -2.49. The topological polar surface area (TPSA) is 71.2 Å². The van der Waals surface area contributed by atoms with Crippen molar-refractivity contribution < 1.29 is 9.53 Å². The van der Waals surface area contributed by atoms with E-state index in [4.69, 9.17) is 15.5 Å². The van der Waals surface area contributed by atoms with Crippen molar-refractivity contribution in [2.24, 2.45) is 10.7 Å². The van der Waals surface area contributed by atoms with Crippen molar-refractivity contribution in [1.82, 2.24) is 9.80 Å². The van der Waals surface area contributed by atoms with E-state index in [0.717, 1.165) is 42.4 Å². The summed E-state index contributed by atoms with van der Waals surface area (Å²) < 4.78 is 5.24. The smallest absolute Gasteiger partial charge is 0.269 e. The van der Waals surface area contributed by atoms with E-state index in [1.165, 1.54) is 5.56 Å². The SMILES string of the molecule is C=C\C=C(/N=C(\C=C(/N)C(=O)N1CCN(Cc2ccccc2)CC1)CC)c1ccc(OC)cc1. The maximum atomic E-state index is 13.0. The van der Waals surface area contributed by atoms with Gasteiger partial charge in [0.25, 0.3) is 5.91 Å². The number of amides is 1. The molecule has 0 bridgehead atoms. The van der Waals surface area contributed by atoms with Crippen molar-refractivity contribution in [1.29, 1.82) is 0 Å². The number of carbonyl (C=O) groups is 1. The number of hydrogen-bond donors (Lipinski definition) is 1. The fourth-order valence-corrected chi connectivity index (χ4v) is 3.81. The molecule has 0 atom stereocenters. The number of benzene rings is 2. The Morgan fingerprint density at radius 1 is 1.09 bits per heavy atom. The minimum atomic E-state index is -0.140. The second kappa shape index (κ2) is 12.6. The molecule has 1 aliphatic rings. The van der Waals surface area contributed by atoms with Gasteiger partial charge in [-0.3, -0.25) is 14.7 Å². The van der Waals surface area contributed by atoms with Gasteiger partial charge in [0.15, 0.2) is 0 Å². The lowest BCUT2D eigenvalue weighted by Gasteiger charge is -2.34. The number of carbonyl (C=O) groups excluding carboxylic acids is 1. The number of nitrogens with zero attached hydrogens (tertiary/aromatic N) is 3. The predicted octanol–water partition coefficient (Wildman–Crippen LogP) is 4.26. The molecule has 3 rings (SSSR count). The summed E-state index contributed by atoms with van der Waals surface area (Å²) in [6, 6.07) is 18.1. The van der Waals surface area contributed by atoms with Crippen LogP contribution in [-0.2, 0) is 11.3 Å². The van der Waals surface area contributed by atoms with Crippen LogP contribution >= 0.6 is 0 Å². The fourth-order valence-electron chi connectivity index (χ4n) is 3.81. The quantitative estimate of drug-likeness (QED) is 0.346. The van der Waals surface area contributed by atoms with Crippen LogP contribution in [0.15, 0.2) is 90.1 Å². The standard InChI is InChI=1S/C28H34N4O2/c1-4-9-27(23-12-14-25(34-3)15-13-23)30-24(5-2)20-26(29)28(33)32-18-16-31(17-19-32)21-22-10-7-6-8-11-22/h4,6-15,20H,1,5,16-19,21,29H2,2-3H3/b26-20-,27-9-,30-24-. The number of aliphatic imine (C=N–C) groups is 1. The Balaban J connectivity index is 1.66. The molecule has 1 heterocycles. The van der Waals surface area contributed by atoms with Crippen LogP contribution in [0.25, 0.3) is 5.70 Å². The molecular formula is C28H34N4O2. The third-order valence-corrected chi connectivity index (χ3v) is 5.77. The molecule has 1 aliphatic heterocycles. The number of hydrogen-bond acceptors (Lipinski definition) is 5.